The van der Waals surface area contributed by atoms with Gasteiger partial charge in [0.15, 0.2) is 11.5 Å². The topological polar surface area (TPSA) is 61.8 Å². The lowest BCUT2D eigenvalue weighted by atomic mass is 10.1. The molecule has 0 spiro atoms. The third-order valence-electron chi connectivity index (χ3n) is 2.71. The van der Waals surface area contributed by atoms with Crippen molar-refractivity contribution in [3.05, 3.63) is 29.3 Å². The predicted molar refractivity (Wildman–Crippen MR) is 78.1 cm³/mol. The second-order valence-electron chi connectivity index (χ2n) is 4.26. The standard InChI is InChI=1S/C15H13ClO5/c1-8(17)20-12-7-13(19-3)15(21-9(2)18)10-5-4-6-11(16)14(10)12/h4-7H,1-3H3. The van der Waals surface area contributed by atoms with Crippen LogP contribution in [-0.2, 0) is 9.59 Å². The number of halogens is 1. The lowest BCUT2D eigenvalue weighted by Gasteiger charge is -2.15. The van der Waals surface area contributed by atoms with Gasteiger partial charge < -0.3 is 14.2 Å². The average molecular weight is 309 g/mol. The number of carbonyl (C=O) groups excluding carboxylic acids is 2. The molecule has 0 N–H and O–H groups in total. The van der Waals surface area contributed by atoms with Crippen molar-refractivity contribution < 1.29 is 23.8 Å². The maximum Gasteiger partial charge on any atom is 0.308 e. The first kappa shape index (κ1) is 15.1. The Labute approximate surface area is 126 Å². The number of esters is 2. The van der Waals surface area contributed by atoms with Crippen molar-refractivity contribution in [2.45, 2.75) is 13.8 Å². The summed E-state index contributed by atoms with van der Waals surface area (Å²) in [4.78, 5) is 22.5. The van der Waals surface area contributed by atoms with Crippen LogP contribution in [0.4, 0.5) is 0 Å². The van der Waals surface area contributed by atoms with E-state index in [-0.39, 0.29) is 17.2 Å². The number of methoxy groups -OCH3 is 1. The second-order valence-corrected chi connectivity index (χ2v) is 4.66. The molecule has 0 atom stereocenters. The molecular weight excluding hydrogens is 296 g/mol. The van der Waals surface area contributed by atoms with E-state index in [0.29, 0.717) is 15.8 Å². The van der Waals surface area contributed by atoms with Gasteiger partial charge in [-0.1, -0.05) is 23.7 Å². The molecule has 0 aliphatic heterocycles. The highest BCUT2D eigenvalue weighted by atomic mass is 35.5. The van der Waals surface area contributed by atoms with Gasteiger partial charge in [-0.05, 0) is 6.07 Å². The van der Waals surface area contributed by atoms with Crippen LogP contribution in [0.1, 0.15) is 13.8 Å². The van der Waals surface area contributed by atoms with Crippen molar-refractivity contribution in [2.24, 2.45) is 0 Å². The van der Waals surface area contributed by atoms with Crippen LogP contribution in [0.3, 0.4) is 0 Å². The summed E-state index contributed by atoms with van der Waals surface area (Å²) in [6, 6.07) is 6.53. The van der Waals surface area contributed by atoms with Crippen LogP contribution in [0.25, 0.3) is 10.8 Å². The number of ether oxygens (including phenoxy) is 3. The van der Waals surface area contributed by atoms with Gasteiger partial charge in [-0.25, -0.2) is 0 Å². The van der Waals surface area contributed by atoms with E-state index in [4.69, 9.17) is 25.8 Å². The molecular formula is C15H13ClO5. The first-order valence-electron chi connectivity index (χ1n) is 6.10. The highest BCUT2D eigenvalue weighted by Crippen LogP contribution is 2.44. The molecule has 110 valence electrons. The van der Waals surface area contributed by atoms with Crippen LogP contribution in [0.15, 0.2) is 24.3 Å². The van der Waals surface area contributed by atoms with E-state index >= 15 is 0 Å². The smallest absolute Gasteiger partial charge is 0.308 e. The SMILES string of the molecule is COc1cc(OC(C)=O)c2c(Cl)cccc2c1OC(C)=O. The van der Waals surface area contributed by atoms with Gasteiger partial charge >= 0.3 is 11.9 Å². The highest BCUT2D eigenvalue weighted by Gasteiger charge is 2.19. The van der Waals surface area contributed by atoms with E-state index < -0.39 is 11.9 Å². The summed E-state index contributed by atoms with van der Waals surface area (Å²) in [5.41, 5.74) is 0. The van der Waals surface area contributed by atoms with Gasteiger partial charge in [0, 0.05) is 30.7 Å². The number of hydrogen-bond donors (Lipinski definition) is 0. The van der Waals surface area contributed by atoms with Crippen molar-refractivity contribution >= 4 is 34.3 Å². The fourth-order valence-electron chi connectivity index (χ4n) is 1.99. The Morgan fingerprint density at radius 1 is 1.05 bits per heavy atom. The van der Waals surface area contributed by atoms with E-state index in [1.165, 1.54) is 27.0 Å². The maximum absolute atomic E-state index is 11.3. The van der Waals surface area contributed by atoms with Gasteiger partial charge in [0.05, 0.1) is 12.1 Å². The molecule has 0 aliphatic carbocycles. The second kappa shape index (κ2) is 6.01. The number of benzene rings is 2. The Morgan fingerprint density at radius 2 is 1.71 bits per heavy atom. The minimum atomic E-state index is -0.491. The minimum Gasteiger partial charge on any atom is -0.493 e. The zero-order chi connectivity index (χ0) is 15.6. The number of fused-ring (bicyclic) bond motifs is 1. The summed E-state index contributed by atoms with van der Waals surface area (Å²) < 4.78 is 15.6. The van der Waals surface area contributed by atoms with Crippen molar-refractivity contribution in [3.8, 4) is 17.2 Å². The third-order valence-corrected chi connectivity index (χ3v) is 3.02. The van der Waals surface area contributed by atoms with Crippen molar-refractivity contribution in [2.75, 3.05) is 7.11 Å². The molecule has 0 fully saturated rings. The molecule has 2 rings (SSSR count). The van der Waals surface area contributed by atoms with Gasteiger partial charge in [0.2, 0.25) is 0 Å². The summed E-state index contributed by atoms with van der Waals surface area (Å²) in [7, 11) is 1.43. The van der Waals surface area contributed by atoms with E-state index in [9.17, 15) is 9.59 Å². The van der Waals surface area contributed by atoms with E-state index in [1.807, 2.05) is 0 Å². The van der Waals surface area contributed by atoms with Crippen molar-refractivity contribution in [1.29, 1.82) is 0 Å². The van der Waals surface area contributed by atoms with Crippen molar-refractivity contribution in [3.63, 3.8) is 0 Å². The number of hydrogen-bond acceptors (Lipinski definition) is 5. The lowest BCUT2D eigenvalue weighted by molar-refractivity contribution is -0.133. The summed E-state index contributed by atoms with van der Waals surface area (Å²) in [5, 5.41) is 1.37. The Balaban J connectivity index is 2.81. The molecule has 2 aromatic carbocycles. The third kappa shape index (κ3) is 3.08. The molecule has 0 heterocycles. The minimum absolute atomic E-state index is 0.235. The molecule has 0 aliphatic rings. The van der Waals surface area contributed by atoms with Crippen LogP contribution >= 0.6 is 11.6 Å². The van der Waals surface area contributed by atoms with Crippen LogP contribution in [0.2, 0.25) is 5.02 Å². The first-order valence-corrected chi connectivity index (χ1v) is 6.48. The van der Waals surface area contributed by atoms with Gasteiger partial charge in [0.1, 0.15) is 5.75 Å². The maximum atomic E-state index is 11.3. The predicted octanol–water partition coefficient (Wildman–Crippen LogP) is 3.35. The summed E-state index contributed by atoms with van der Waals surface area (Å²) in [6.45, 7) is 2.57. The van der Waals surface area contributed by atoms with E-state index in [2.05, 4.69) is 0 Å². The molecule has 0 unspecified atom stereocenters. The largest absolute Gasteiger partial charge is 0.493 e. The number of rotatable bonds is 3. The highest BCUT2D eigenvalue weighted by molar-refractivity contribution is 6.36. The molecule has 0 saturated carbocycles. The molecule has 6 heteroatoms. The van der Waals surface area contributed by atoms with Crippen LogP contribution in [0, 0.1) is 0 Å². The van der Waals surface area contributed by atoms with Gasteiger partial charge in [0.25, 0.3) is 0 Å². The normalized spacial score (nSPS) is 10.3. The Hall–Kier alpha value is -2.27. The summed E-state index contributed by atoms with van der Waals surface area (Å²) in [5.74, 6) is -0.223. The van der Waals surface area contributed by atoms with E-state index in [1.54, 1.807) is 18.2 Å². The molecule has 2 aromatic rings. The number of carbonyl (C=O) groups is 2. The summed E-state index contributed by atoms with van der Waals surface area (Å²) >= 11 is 6.18. The zero-order valence-corrected chi connectivity index (χ0v) is 12.5. The molecule has 0 amide bonds. The summed E-state index contributed by atoms with van der Waals surface area (Å²) in [6.07, 6.45) is 0. The monoisotopic (exact) mass is 308 g/mol. The van der Waals surface area contributed by atoms with Gasteiger partial charge in [-0.15, -0.1) is 0 Å². The fourth-order valence-corrected chi connectivity index (χ4v) is 2.26. The molecule has 5 nitrogen and oxygen atoms in total. The van der Waals surface area contributed by atoms with Crippen LogP contribution < -0.4 is 14.2 Å². The van der Waals surface area contributed by atoms with Crippen LogP contribution in [0.5, 0.6) is 17.2 Å². The molecule has 0 radical (unpaired) electrons. The lowest BCUT2D eigenvalue weighted by Crippen LogP contribution is -2.06. The average Bonchev–Trinajstić information content (AvgIpc) is 2.40. The fraction of sp³-hybridized carbons (Fsp3) is 0.200. The van der Waals surface area contributed by atoms with Gasteiger partial charge in [-0.3, -0.25) is 9.59 Å². The Morgan fingerprint density at radius 3 is 2.29 bits per heavy atom. The molecule has 0 bridgehead atoms. The molecule has 0 aromatic heterocycles. The molecule has 0 saturated heterocycles. The Kier molecular flexibility index (Phi) is 4.33. The van der Waals surface area contributed by atoms with Gasteiger partial charge in [-0.2, -0.15) is 0 Å². The van der Waals surface area contributed by atoms with E-state index in [0.717, 1.165) is 0 Å². The van der Waals surface area contributed by atoms with Crippen LogP contribution in [-0.4, -0.2) is 19.0 Å². The van der Waals surface area contributed by atoms with Crippen molar-refractivity contribution in [1.82, 2.24) is 0 Å². The molecule has 21 heavy (non-hydrogen) atoms. The Bertz CT molecular complexity index is 724. The quantitative estimate of drug-likeness (QED) is 0.643. The first-order chi connectivity index (χ1) is 9.93. The zero-order valence-electron chi connectivity index (χ0n) is 11.7.